The highest BCUT2D eigenvalue weighted by Gasteiger charge is 2.17. The Morgan fingerprint density at radius 3 is 2.31 bits per heavy atom. The second-order valence-electron chi connectivity index (χ2n) is 6.43. The van der Waals surface area contributed by atoms with Crippen LogP contribution in [0.5, 0.6) is 0 Å². The van der Waals surface area contributed by atoms with E-state index in [0.29, 0.717) is 0 Å². The van der Waals surface area contributed by atoms with Crippen LogP contribution in [0.3, 0.4) is 0 Å². The van der Waals surface area contributed by atoms with Crippen molar-refractivity contribution in [3.63, 3.8) is 0 Å². The molecule has 0 spiro atoms. The molecular weight excluding hydrogens is 385 g/mol. The van der Waals surface area contributed by atoms with Gasteiger partial charge in [-0.25, -0.2) is 4.98 Å². The molecule has 140 valence electrons. The molecule has 0 aliphatic carbocycles. The fraction of sp³-hybridized carbons (Fsp3) is 0.350. The number of hydrogen-bond acceptors (Lipinski definition) is 3. The van der Waals surface area contributed by atoms with Crippen molar-refractivity contribution in [3.8, 4) is 0 Å². The first-order chi connectivity index (χ1) is 11.8. The monoisotopic (exact) mass is 409 g/mol. The van der Waals surface area contributed by atoms with Crippen molar-refractivity contribution in [3.05, 3.63) is 59.9 Å². The van der Waals surface area contributed by atoms with Crippen LogP contribution in [0.4, 0.5) is 0 Å². The van der Waals surface area contributed by atoms with Gasteiger partial charge in [-0.05, 0) is 62.0 Å². The molecule has 1 aromatic heterocycles. The normalized spacial score (nSPS) is 14.2. The van der Waals surface area contributed by atoms with Crippen molar-refractivity contribution in [2.45, 2.75) is 30.8 Å². The first-order valence-electron chi connectivity index (χ1n) is 8.63. The summed E-state index contributed by atoms with van der Waals surface area (Å²) in [5.74, 6) is 1.19. The third kappa shape index (κ3) is 4.55. The van der Waals surface area contributed by atoms with E-state index < -0.39 is 0 Å². The lowest BCUT2D eigenvalue weighted by atomic mass is 10.2. The van der Waals surface area contributed by atoms with E-state index >= 15 is 0 Å². The van der Waals surface area contributed by atoms with Crippen molar-refractivity contribution in [1.29, 1.82) is 0 Å². The minimum absolute atomic E-state index is 0. The second kappa shape index (κ2) is 9.65. The highest BCUT2D eigenvalue weighted by molar-refractivity contribution is 7.98. The Morgan fingerprint density at radius 2 is 1.62 bits per heavy atom. The maximum absolute atomic E-state index is 4.92. The van der Waals surface area contributed by atoms with E-state index in [-0.39, 0.29) is 24.8 Å². The van der Waals surface area contributed by atoms with Crippen LogP contribution < -0.4 is 0 Å². The largest absolute Gasteiger partial charge is 0.322 e. The summed E-state index contributed by atoms with van der Waals surface area (Å²) in [5, 5.41) is 0. The molecule has 3 aromatic rings. The van der Waals surface area contributed by atoms with Gasteiger partial charge in [0.05, 0.1) is 17.6 Å². The topological polar surface area (TPSA) is 21.1 Å². The van der Waals surface area contributed by atoms with E-state index in [9.17, 15) is 0 Å². The van der Waals surface area contributed by atoms with Gasteiger partial charge < -0.3 is 4.57 Å². The quantitative estimate of drug-likeness (QED) is 0.537. The minimum Gasteiger partial charge on any atom is -0.322 e. The summed E-state index contributed by atoms with van der Waals surface area (Å²) in [6.07, 6.45) is 4.75. The summed E-state index contributed by atoms with van der Waals surface area (Å²) in [4.78, 5) is 8.76. The summed E-state index contributed by atoms with van der Waals surface area (Å²) in [5.41, 5.74) is 3.67. The van der Waals surface area contributed by atoms with E-state index in [1.165, 1.54) is 47.7 Å². The lowest BCUT2D eigenvalue weighted by Gasteiger charge is -2.16. The Kier molecular flexibility index (Phi) is 7.84. The lowest BCUT2D eigenvalue weighted by molar-refractivity contribution is 0.318. The molecule has 2 aromatic carbocycles. The predicted octanol–water partition coefficient (Wildman–Crippen LogP) is 5.25. The highest BCUT2D eigenvalue weighted by Crippen LogP contribution is 2.22. The molecule has 0 N–H and O–H groups in total. The molecule has 26 heavy (non-hydrogen) atoms. The predicted molar refractivity (Wildman–Crippen MR) is 116 cm³/mol. The number of rotatable bonds is 5. The summed E-state index contributed by atoms with van der Waals surface area (Å²) in [7, 11) is 0. The molecule has 2 heterocycles. The molecule has 1 aliphatic heterocycles. The van der Waals surface area contributed by atoms with Gasteiger partial charge >= 0.3 is 0 Å². The molecule has 3 nitrogen and oxygen atoms in total. The number of halogens is 2. The molecule has 0 saturated carbocycles. The summed E-state index contributed by atoms with van der Waals surface area (Å²) < 4.78 is 2.39. The molecule has 0 atom stereocenters. The molecular formula is C20H25Cl2N3S. The standard InChI is InChI=1S/C20H23N3S.2ClH/c1-24-17-10-8-16(9-11-17)14-23-19-7-3-2-6-18(19)21-20(23)15-22-12-4-5-13-22;;/h2-3,6-11H,4-5,12-15H2,1H3;2*1H. The average Bonchev–Trinajstić information content (AvgIpc) is 3.25. The van der Waals surface area contributed by atoms with Crippen LogP contribution in [0.2, 0.25) is 0 Å². The van der Waals surface area contributed by atoms with Gasteiger partial charge in [0.15, 0.2) is 0 Å². The van der Waals surface area contributed by atoms with Crippen LogP contribution in [0.25, 0.3) is 11.0 Å². The van der Waals surface area contributed by atoms with Crippen molar-refractivity contribution in [2.75, 3.05) is 19.3 Å². The molecule has 0 radical (unpaired) electrons. The Labute approximate surface area is 172 Å². The van der Waals surface area contributed by atoms with Crippen LogP contribution in [0, 0.1) is 0 Å². The first-order valence-corrected chi connectivity index (χ1v) is 9.85. The number of hydrogen-bond donors (Lipinski definition) is 0. The summed E-state index contributed by atoms with van der Waals surface area (Å²) in [6, 6.07) is 17.4. The van der Waals surface area contributed by atoms with Crippen LogP contribution in [-0.4, -0.2) is 33.8 Å². The van der Waals surface area contributed by atoms with Crippen LogP contribution in [0.1, 0.15) is 24.2 Å². The third-order valence-corrected chi connectivity index (χ3v) is 5.54. The van der Waals surface area contributed by atoms with E-state index in [0.717, 1.165) is 18.6 Å². The molecule has 0 amide bonds. The van der Waals surface area contributed by atoms with Crippen molar-refractivity contribution in [1.82, 2.24) is 14.5 Å². The third-order valence-electron chi connectivity index (χ3n) is 4.80. The molecule has 0 bridgehead atoms. The molecule has 0 unspecified atom stereocenters. The first kappa shape index (κ1) is 21.1. The van der Waals surface area contributed by atoms with Crippen molar-refractivity contribution < 1.29 is 0 Å². The second-order valence-corrected chi connectivity index (χ2v) is 7.31. The average molecular weight is 410 g/mol. The van der Waals surface area contributed by atoms with Crippen molar-refractivity contribution in [2.24, 2.45) is 0 Å². The van der Waals surface area contributed by atoms with E-state index in [1.807, 2.05) is 0 Å². The van der Waals surface area contributed by atoms with Gasteiger partial charge in [0.1, 0.15) is 5.82 Å². The Morgan fingerprint density at radius 1 is 0.923 bits per heavy atom. The molecule has 6 heteroatoms. The Bertz CT molecular complexity index is 827. The molecule has 1 saturated heterocycles. The van der Waals surface area contributed by atoms with E-state index in [1.54, 1.807) is 11.8 Å². The number of thioether (sulfide) groups is 1. The zero-order valence-electron chi connectivity index (χ0n) is 14.9. The fourth-order valence-electron chi connectivity index (χ4n) is 3.48. The van der Waals surface area contributed by atoms with Crippen LogP contribution in [-0.2, 0) is 13.1 Å². The van der Waals surface area contributed by atoms with Crippen LogP contribution >= 0.6 is 36.6 Å². The zero-order chi connectivity index (χ0) is 16.4. The van der Waals surface area contributed by atoms with Gasteiger partial charge in [-0.15, -0.1) is 36.6 Å². The fourth-order valence-corrected chi connectivity index (χ4v) is 3.89. The smallest absolute Gasteiger partial charge is 0.124 e. The Balaban J connectivity index is 0.00000121. The van der Waals surface area contributed by atoms with Gasteiger partial charge in [-0.1, -0.05) is 24.3 Å². The van der Waals surface area contributed by atoms with E-state index in [2.05, 4.69) is 64.3 Å². The maximum atomic E-state index is 4.92. The van der Waals surface area contributed by atoms with Gasteiger partial charge in [0.25, 0.3) is 0 Å². The SMILES string of the molecule is CSc1ccc(Cn2c(CN3CCCC3)nc3ccccc32)cc1.Cl.Cl. The zero-order valence-corrected chi connectivity index (χ0v) is 17.4. The number of nitrogens with zero attached hydrogens (tertiary/aromatic N) is 3. The van der Waals surface area contributed by atoms with Crippen molar-refractivity contribution >= 4 is 47.6 Å². The molecule has 1 fully saturated rings. The van der Waals surface area contributed by atoms with Gasteiger partial charge in [-0.3, -0.25) is 4.90 Å². The van der Waals surface area contributed by atoms with E-state index in [4.69, 9.17) is 4.98 Å². The maximum Gasteiger partial charge on any atom is 0.124 e. The number of para-hydroxylation sites is 2. The number of aromatic nitrogens is 2. The highest BCUT2D eigenvalue weighted by atomic mass is 35.5. The van der Waals surface area contributed by atoms with Crippen LogP contribution in [0.15, 0.2) is 53.4 Å². The number of likely N-dealkylation sites (tertiary alicyclic amines) is 1. The number of benzene rings is 2. The Hall–Kier alpha value is -1.20. The number of imidazole rings is 1. The summed E-state index contributed by atoms with van der Waals surface area (Å²) in [6.45, 7) is 4.24. The minimum atomic E-state index is 0. The number of fused-ring (bicyclic) bond motifs is 1. The molecule has 4 rings (SSSR count). The van der Waals surface area contributed by atoms with Gasteiger partial charge in [0.2, 0.25) is 0 Å². The lowest BCUT2D eigenvalue weighted by Crippen LogP contribution is -2.21. The van der Waals surface area contributed by atoms with Gasteiger partial charge in [0, 0.05) is 11.4 Å². The molecule has 1 aliphatic rings. The summed E-state index contributed by atoms with van der Waals surface area (Å²) >= 11 is 1.79. The van der Waals surface area contributed by atoms with Gasteiger partial charge in [-0.2, -0.15) is 0 Å².